The van der Waals surface area contributed by atoms with Crippen LogP contribution >= 0.6 is 0 Å². The van der Waals surface area contributed by atoms with Crippen LogP contribution in [0.25, 0.3) is 0 Å². The zero-order valence-corrected chi connectivity index (χ0v) is 15.3. The third-order valence-corrected chi connectivity index (χ3v) is 5.67. The molecule has 0 radical (unpaired) electrons. The third kappa shape index (κ3) is 6.53. The Morgan fingerprint density at radius 2 is 1.62 bits per heavy atom. The van der Waals surface area contributed by atoms with E-state index in [1.807, 2.05) is 0 Å². The lowest BCUT2D eigenvalue weighted by molar-refractivity contribution is 0.150. The molecule has 1 aromatic carbocycles. The number of halogens is 2. The molecule has 0 aliphatic heterocycles. The van der Waals surface area contributed by atoms with Crippen LogP contribution in [0.2, 0.25) is 0 Å². The first-order valence-corrected chi connectivity index (χ1v) is 10.0. The average Bonchev–Trinajstić information content (AvgIpc) is 2.62. The number of rotatable bonds is 10. The predicted octanol–water partition coefficient (Wildman–Crippen LogP) is 6.86. The molecule has 1 aromatic rings. The number of hydrogen-bond donors (Lipinski definition) is 0. The minimum atomic E-state index is -0.724. The molecule has 1 atom stereocenters. The van der Waals surface area contributed by atoms with Crippen molar-refractivity contribution in [2.24, 2.45) is 11.8 Å². The molecule has 0 bridgehead atoms. The molecule has 136 valence electrons. The van der Waals surface area contributed by atoms with Gasteiger partial charge in [0.25, 0.3) is 0 Å². The molecule has 0 nitrogen and oxygen atoms in total. The molecular weight excluding hydrogens is 302 g/mol. The summed E-state index contributed by atoms with van der Waals surface area (Å²) in [6, 6.07) is 8.57. The highest BCUT2D eigenvalue weighted by Crippen LogP contribution is 2.35. The lowest BCUT2D eigenvalue weighted by Gasteiger charge is -2.30. The van der Waals surface area contributed by atoms with Gasteiger partial charge in [-0.3, -0.25) is 4.39 Å². The Balaban J connectivity index is 1.73. The summed E-state index contributed by atoms with van der Waals surface area (Å²) in [5, 5.41) is 0. The van der Waals surface area contributed by atoms with Crippen LogP contribution in [0.15, 0.2) is 24.3 Å². The average molecular weight is 337 g/mol. The van der Waals surface area contributed by atoms with Crippen molar-refractivity contribution >= 4 is 0 Å². The highest BCUT2D eigenvalue weighted by molar-refractivity contribution is 5.23. The fourth-order valence-corrected chi connectivity index (χ4v) is 4.02. The van der Waals surface area contributed by atoms with Crippen molar-refractivity contribution in [2.45, 2.75) is 83.7 Å². The summed E-state index contributed by atoms with van der Waals surface area (Å²) in [6.07, 6.45) is 10.5. The maximum absolute atomic E-state index is 14.6. The van der Waals surface area contributed by atoms with E-state index in [2.05, 4.69) is 31.2 Å². The van der Waals surface area contributed by atoms with Crippen LogP contribution in [0.3, 0.4) is 0 Å². The van der Waals surface area contributed by atoms with Gasteiger partial charge in [0.15, 0.2) is 0 Å². The fraction of sp³-hybridized carbons (Fsp3) is 0.727. The fourth-order valence-electron chi connectivity index (χ4n) is 4.02. The second kappa shape index (κ2) is 10.8. The van der Waals surface area contributed by atoms with Gasteiger partial charge in [0.2, 0.25) is 0 Å². The van der Waals surface area contributed by atoms with Crippen LogP contribution in [-0.4, -0.2) is 12.8 Å². The van der Waals surface area contributed by atoms with Crippen molar-refractivity contribution in [1.82, 2.24) is 0 Å². The Labute approximate surface area is 147 Å². The molecule has 0 amide bonds. The van der Waals surface area contributed by atoms with Crippen LogP contribution in [0.4, 0.5) is 8.78 Å². The highest BCUT2D eigenvalue weighted by atomic mass is 19.1. The summed E-state index contributed by atoms with van der Waals surface area (Å²) in [7, 11) is 0. The Morgan fingerprint density at radius 1 is 0.958 bits per heavy atom. The number of alkyl halides is 2. The number of unbranched alkanes of at least 4 members (excludes halogenated alkanes) is 2. The molecule has 1 saturated carbocycles. The molecular formula is C22H34F2. The number of aryl methyl sites for hydroxylation is 1. The Bertz CT molecular complexity index is 432. The Morgan fingerprint density at radius 3 is 2.25 bits per heavy atom. The van der Waals surface area contributed by atoms with Crippen molar-refractivity contribution in [3.05, 3.63) is 35.4 Å². The smallest absolute Gasteiger partial charge is 0.107 e. The standard InChI is InChI=1S/C22H34F2/c1-2-3-4-6-18-8-10-20(11-9-18)17-22(24)21-14-12-19(13-15-21)7-5-16-23/h8-11,19,21-22H,2-7,12-17H2,1H3. The molecule has 2 rings (SSSR count). The van der Waals surface area contributed by atoms with Crippen LogP contribution < -0.4 is 0 Å². The van der Waals surface area contributed by atoms with E-state index in [0.29, 0.717) is 18.8 Å². The van der Waals surface area contributed by atoms with E-state index in [1.165, 1.54) is 24.8 Å². The molecule has 0 spiro atoms. The van der Waals surface area contributed by atoms with Gasteiger partial charge in [-0.2, -0.15) is 0 Å². The summed E-state index contributed by atoms with van der Waals surface area (Å²) < 4.78 is 26.9. The lowest BCUT2D eigenvalue weighted by Crippen LogP contribution is -2.24. The molecule has 0 N–H and O–H groups in total. The van der Waals surface area contributed by atoms with E-state index in [9.17, 15) is 8.78 Å². The van der Waals surface area contributed by atoms with E-state index in [1.54, 1.807) is 0 Å². The largest absolute Gasteiger partial charge is 0.251 e. The maximum Gasteiger partial charge on any atom is 0.107 e. The first kappa shape index (κ1) is 19.4. The van der Waals surface area contributed by atoms with Gasteiger partial charge in [0.05, 0.1) is 6.67 Å². The molecule has 24 heavy (non-hydrogen) atoms. The first-order valence-electron chi connectivity index (χ1n) is 10.0. The second-order valence-electron chi connectivity index (χ2n) is 7.61. The molecule has 1 unspecified atom stereocenters. The molecule has 0 aromatic heterocycles. The van der Waals surface area contributed by atoms with Crippen molar-refractivity contribution in [3.8, 4) is 0 Å². The Hall–Kier alpha value is -0.920. The van der Waals surface area contributed by atoms with Gasteiger partial charge in [-0.15, -0.1) is 0 Å². The zero-order chi connectivity index (χ0) is 17.2. The minimum absolute atomic E-state index is 0.204. The molecule has 1 fully saturated rings. The Kier molecular flexibility index (Phi) is 8.77. The second-order valence-corrected chi connectivity index (χ2v) is 7.61. The predicted molar refractivity (Wildman–Crippen MR) is 98.9 cm³/mol. The van der Waals surface area contributed by atoms with Crippen LogP contribution in [0, 0.1) is 11.8 Å². The monoisotopic (exact) mass is 336 g/mol. The van der Waals surface area contributed by atoms with E-state index in [-0.39, 0.29) is 12.6 Å². The molecule has 1 aliphatic rings. The summed E-state index contributed by atoms with van der Waals surface area (Å²) in [5.74, 6) is 0.836. The zero-order valence-electron chi connectivity index (χ0n) is 15.3. The summed E-state index contributed by atoms with van der Waals surface area (Å²) >= 11 is 0. The lowest BCUT2D eigenvalue weighted by atomic mass is 9.77. The van der Waals surface area contributed by atoms with Crippen molar-refractivity contribution in [3.63, 3.8) is 0 Å². The van der Waals surface area contributed by atoms with Gasteiger partial charge in [0, 0.05) is 6.42 Å². The number of hydrogen-bond acceptors (Lipinski definition) is 0. The van der Waals surface area contributed by atoms with Gasteiger partial charge in [0.1, 0.15) is 6.17 Å². The molecule has 0 saturated heterocycles. The quantitative estimate of drug-likeness (QED) is 0.410. The van der Waals surface area contributed by atoms with E-state index < -0.39 is 6.17 Å². The SMILES string of the molecule is CCCCCc1ccc(CC(F)C2CCC(CCCF)CC2)cc1. The third-order valence-electron chi connectivity index (χ3n) is 5.67. The molecule has 1 aliphatic carbocycles. The first-order chi connectivity index (χ1) is 11.7. The summed E-state index contributed by atoms with van der Waals surface area (Å²) in [6.45, 7) is 2.01. The van der Waals surface area contributed by atoms with Gasteiger partial charge in [-0.05, 0) is 61.5 Å². The van der Waals surface area contributed by atoms with Crippen molar-refractivity contribution in [2.75, 3.05) is 6.67 Å². The molecule has 0 heterocycles. The van der Waals surface area contributed by atoms with Gasteiger partial charge >= 0.3 is 0 Å². The molecule has 2 heteroatoms. The van der Waals surface area contributed by atoms with Crippen molar-refractivity contribution < 1.29 is 8.78 Å². The highest BCUT2D eigenvalue weighted by Gasteiger charge is 2.27. The van der Waals surface area contributed by atoms with Crippen molar-refractivity contribution in [1.29, 1.82) is 0 Å². The van der Waals surface area contributed by atoms with E-state index >= 15 is 0 Å². The van der Waals surface area contributed by atoms with Crippen LogP contribution in [0.5, 0.6) is 0 Å². The normalized spacial score (nSPS) is 22.5. The van der Waals surface area contributed by atoms with Gasteiger partial charge in [-0.1, -0.05) is 56.9 Å². The minimum Gasteiger partial charge on any atom is -0.251 e. The summed E-state index contributed by atoms with van der Waals surface area (Å²) in [4.78, 5) is 0. The number of benzene rings is 1. The topological polar surface area (TPSA) is 0 Å². The van der Waals surface area contributed by atoms with Crippen LogP contribution in [0.1, 0.15) is 75.8 Å². The van der Waals surface area contributed by atoms with Crippen LogP contribution in [-0.2, 0) is 12.8 Å². The van der Waals surface area contributed by atoms with Gasteiger partial charge < -0.3 is 0 Å². The van der Waals surface area contributed by atoms with E-state index in [4.69, 9.17) is 0 Å². The maximum atomic E-state index is 14.6. The van der Waals surface area contributed by atoms with Gasteiger partial charge in [-0.25, -0.2) is 4.39 Å². The summed E-state index contributed by atoms with van der Waals surface area (Å²) in [5.41, 5.74) is 2.50. The van der Waals surface area contributed by atoms with E-state index in [0.717, 1.165) is 44.1 Å².